The van der Waals surface area contributed by atoms with E-state index >= 15 is 0 Å². The normalized spacial score (nSPS) is 55.1. The lowest BCUT2D eigenvalue weighted by Gasteiger charge is -2.38. The molecule has 0 aromatic carbocycles. The van der Waals surface area contributed by atoms with Gasteiger partial charge in [-0.2, -0.15) is 0 Å². The fourth-order valence-corrected chi connectivity index (χ4v) is 7.27. The van der Waals surface area contributed by atoms with Crippen LogP contribution in [0.15, 0.2) is 12.2 Å². The molecule has 0 aromatic heterocycles. The Bertz CT molecular complexity index is 389. The molecule has 0 nitrogen and oxygen atoms in total. The van der Waals surface area contributed by atoms with E-state index in [0.29, 0.717) is 0 Å². The molecule has 19 heavy (non-hydrogen) atoms. The van der Waals surface area contributed by atoms with Gasteiger partial charge in [-0.15, -0.1) is 0 Å². The van der Waals surface area contributed by atoms with E-state index in [1.165, 1.54) is 19.3 Å². The summed E-state index contributed by atoms with van der Waals surface area (Å²) in [5.74, 6) is 8.86. The highest BCUT2D eigenvalue weighted by molar-refractivity contribution is 5.20. The lowest BCUT2D eigenvalue weighted by Crippen LogP contribution is -2.32. The van der Waals surface area contributed by atoms with Gasteiger partial charge in [0, 0.05) is 0 Å². The first-order valence-electron chi connectivity index (χ1n) is 9.08. The van der Waals surface area contributed by atoms with Gasteiger partial charge >= 0.3 is 0 Å². The third-order valence-corrected chi connectivity index (χ3v) is 7.77. The molecule has 0 aromatic rings. The second-order valence-electron chi connectivity index (χ2n) is 8.50. The average molecular weight is 256 g/mol. The van der Waals surface area contributed by atoms with Gasteiger partial charge in [0.25, 0.3) is 0 Å². The summed E-state index contributed by atoms with van der Waals surface area (Å²) in [6, 6.07) is 0. The van der Waals surface area contributed by atoms with E-state index in [1.807, 2.05) is 0 Å². The van der Waals surface area contributed by atoms with Crippen LogP contribution < -0.4 is 0 Å². The summed E-state index contributed by atoms with van der Waals surface area (Å²) in [5, 5.41) is 0. The molecule has 5 rings (SSSR count). The third-order valence-electron chi connectivity index (χ3n) is 7.77. The molecule has 0 amide bonds. The number of rotatable bonds is 2. The van der Waals surface area contributed by atoms with E-state index in [0.717, 1.165) is 47.3 Å². The SMILES string of the molecule is C1=CC2CC1C1C3CC(CC4CCCCC4)C(C3)C21. The van der Waals surface area contributed by atoms with Gasteiger partial charge in [0.2, 0.25) is 0 Å². The zero-order valence-corrected chi connectivity index (χ0v) is 12.1. The molecule has 4 saturated carbocycles. The highest BCUT2D eigenvalue weighted by atomic mass is 14.6. The largest absolute Gasteiger partial charge is 0.0848 e. The van der Waals surface area contributed by atoms with Crippen molar-refractivity contribution in [2.75, 3.05) is 0 Å². The maximum absolute atomic E-state index is 2.60. The first-order chi connectivity index (χ1) is 9.40. The van der Waals surface area contributed by atoms with Crippen molar-refractivity contribution in [3.05, 3.63) is 12.2 Å². The van der Waals surface area contributed by atoms with E-state index in [1.54, 1.807) is 38.5 Å². The Balaban J connectivity index is 1.32. The minimum absolute atomic E-state index is 1.01. The molecule has 0 heterocycles. The standard InChI is InChI=1S/C19H28/c1-2-4-12(5-3-1)8-15-10-16-11-17(15)19-14-7-6-13(9-14)18(16)19/h6-7,12-19H,1-5,8-11H2. The summed E-state index contributed by atoms with van der Waals surface area (Å²) in [7, 11) is 0. The second-order valence-corrected chi connectivity index (χ2v) is 8.50. The molecule has 104 valence electrons. The molecule has 0 aliphatic heterocycles. The smallest absolute Gasteiger partial charge is 0.0194 e. The van der Waals surface area contributed by atoms with E-state index in [-0.39, 0.29) is 0 Å². The van der Waals surface area contributed by atoms with Gasteiger partial charge < -0.3 is 0 Å². The highest BCUT2D eigenvalue weighted by Gasteiger charge is 2.60. The topological polar surface area (TPSA) is 0 Å². The van der Waals surface area contributed by atoms with Gasteiger partial charge in [-0.3, -0.25) is 0 Å². The molecule has 4 bridgehead atoms. The monoisotopic (exact) mass is 256 g/mol. The van der Waals surface area contributed by atoms with Crippen LogP contribution in [-0.2, 0) is 0 Å². The van der Waals surface area contributed by atoms with Crippen molar-refractivity contribution < 1.29 is 0 Å². The highest BCUT2D eigenvalue weighted by Crippen LogP contribution is 2.67. The van der Waals surface area contributed by atoms with Crippen molar-refractivity contribution in [1.82, 2.24) is 0 Å². The molecule has 0 heteroatoms. The molecule has 0 N–H and O–H groups in total. The van der Waals surface area contributed by atoms with Crippen LogP contribution in [-0.4, -0.2) is 0 Å². The van der Waals surface area contributed by atoms with Crippen LogP contribution in [0.5, 0.6) is 0 Å². The predicted octanol–water partition coefficient (Wildman–Crippen LogP) is 5.05. The van der Waals surface area contributed by atoms with Gasteiger partial charge in [-0.05, 0) is 73.0 Å². The third kappa shape index (κ3) is 1.58. The number of hydrogen-bond donors (Lipinski definition) is 0. The van der Waals surface area contributed by atoms with Crippen LogP contribution in [0, 0.1) is 47.3 Å². The van der Waals surface area contributed by atoms with Crippen molar-refractivity contribution in [1.29, 1.82) is 0 Å². The summed E-state index contributed by atoms with van der Waals surface area (Å²) in [6.45, 7) is 0. The number of allylic oxidation sites excluding steroid dienone is 2. The number of hydrogen-bond acceptors (Lipinski definition) is 0. The summed E-state index contributed by atoms with van der Waals surface area (Å²) < 4.78 is 0. The van der Waals surface area contributed by atoms with Gasteiger partial charge in [0.1, 0.15) is 0 Å². The quantitative estimate of drug-likeness (QED) is 0.479. The molecule has 5 aliphatic rings. The first-order valence-corrected chi connectivity index (χ1v) is 9.08. The van der Waals surface area contributed by atoms with Crippen LogP contribution in [0.25, 0.3) is 0 Å². The number of fused-ring (bicyclic) bond motifs is 9. The average Bonchev–Trinajstić information content (AvgIpc) is 3.18. The maximum Gasteiger partial charge on any atom is -0.0194 e. The van der Waals surface area contributed by atoms with E-state index < -0.39 is 0 Å². The molecule has 0 saturated heterocycles. The van der Waals surface area contributed by atoms with Crippen molar-refractivity contribution in [3.63, 3.8) is 0 Å². The fraction of sp³-hybridized carbons (Fsp3) is 0.895. The molecule has 4 fully saturated rings. The van der Waals surface area contributed by atoms with Crippen LogP contribution in [0.1, 0.15) is 57.8 Å². The van der Waals surface area contributed by atoms with Gasteiger partial charge in [0.05, 0.1) is 0 Å². The van der Waals surface area contributed by atoms with Crippen LogP contribution in [0.4, 0.5) is 0 Å². The summed E-state index contributed by atoms with van der Waals surface area (Å²) in [5.41, 5.74) is 0. The van der Waals surface area contributed by atoms with E-state index in [2.05, 4.69) is 12.2 Å². The minimum atomic E-state index is 1.01. The van der Waals surface area contributed by atoms with Gasteiger partial charge in [0.15, 0.2) is 0 Å². The Morgan fingerprint density at radius 2 is 1.58 bits per heavy atom. The molecule has 5 aliphatic carbocycles. The fourth-order valence-electron chi connectivity index (χ4n) is 7.27. The molecule has 0 radical (unpaired) electrons. The lowest BCUT2D eigenvalue weighted by molar-refractivity contribution is 0.124. The minimum Gasteiger partial charge on any atom is -0.0848 e. The first kappa shape index (κ1) is 11.4. The molecule has 7 atom stereocenters. The molecular formula is C19H28. The zero-order chi connectivity index (χ0) is 12.4. The molecule has 0 spiro atoms. The van der Waals surface area contributed by atoms with Crippen molar-refractivity contribution in [2.24, 2.45) is 47.3 Å². The zero-order valence-electron chi connectivity index (χ0n) is 12.1. The van der Waals surface area contributed by atoms with E-state index in [4.69, 9.17) is 0 Å². The molecule has 7 unspecified atom stereocenters. The van der Waals surface area contributed by atoms with Crippen molar-refractivity contribution in [3.8, 4) is 0 Å². The van der Waals surface area contributed by atoms with E-state index in [9.17, 15) is 0 Å². The summed E-state index contributed by atoms with van der Waals surface area (Å²) >= 11 is 0. The Labute approximate surface area is 118 Å². The van der Waals surface area contributed by atoms with Crippen molar-refractivity contribution in [2.45, 2.75) is 57.8 Å². The van der Waals surface area contributed by atoms with Gasteiger partial charge in [-0.25, -0.2) is 0 Å². The van der Waals surface area contributed by atoms with Crippen molar-refractivity contribution >= 4 is 0 Å². The Morgan fingerprint density at radius 3 is 2.42 bits per heavy atom. The summed E-state index contributed by atoms with van der Waals surface area (Å²) in [4.78, 5) is 0. The summed E-state index contributed by atoms with van der Waals surface area (Å²) in [6.07, 6.45) is 19.3. The van der Waals surface area contributed by atoms with Gasteiger partial charge in [-0.1, -0.05) is 44.3 Å². The Morgan fingerprint density at radius 1 is 0.789 bits per heavy atom. The Kier molecular flexibility index (Phi) is 2.47. The Hall–Kier alpha value is -0.260. The second kappa shape index (κ2) is 4.12. The van der Waals surface area contributed by atoms with Crippen LogP contribution >= 0.6 is 0 Å². The molecular weight excluding hydrogens is 228 g/mol. The maximum atomic E-state index is 2.60. The lowest BCUT2D eigenvalue weighted by atomic mass is 9.67. The van der Waals surface area contributed by atoms with Crippen LogP contribution in [0.2, 0.25) is 0 Å². The van der Waals surface area contributed by atoms with Crippen LogP contribution in [0.3, 0.4) is 0 Å². The predicted molar refractivity (Wildman–Crippen MR) is 78.6 cm³/mol.